The molecule has 2 rings (SSSR count). The van der Waals surface area contributed by atoms with Gasteiger partial charge in [0.1, 0.15) is 11.9 Å². The zero-order valence-electron chi connectivity index (χ0n) is 9.16. The molecule has 16 heavy (non-hydrogen) atoms. The van der Waals surface area contributed by atoms with E-state index in [2.05, 4.69) is 5.32 Å². The van der Waals surface area contributed by atoms with E-state index in [1.54, 1.807) is 0 Å². The minimum atomic E-state index is -0.837. The molecule has 87 valence electrons. The van der Waals surface area contributed by atoms with Crippen LogP contribution < -0.4 is 5.32 Å². The van der Waals surface area contributed by atoms with Crippen molar-refractivity contribution in [2.24, 2.45) is 5.41 Å². The summed E-state index contributed by atoms with van der Waals surface area (Å²) in [5.74, 6) is -1.06. The third-order valence-electron chi connectivity index (χ3n) is 3.33. The van der Waals surface area contributed by atoms with Crippen molar-refractivity contribution in [1.82, 2.24) is 5.32 Å². The van der Waals surface area contributed by atoms with Crippen molar-refractivity contribution in [3.63, 3.8) is 0 Å². The second kappa shape index (κ2) is 4.01. The number of carboxylic acid groups (broad SMARTS) is 1. The van der Waals surface area contributed by atoms with E-state index >= 15 is 0 Å². The fourth-order valence-electron chi connectivity index (χ4n) is 2.32. The van der Waals surface area contributed by atoms with Gasteiger partial charge in [0.05, 0.1) is 0 Å². The largest absolute Gasteiger partial charge is 0.480 e. The topological polar surface area (TPSA) is 49.3 Å². The van der Waals surface area contributed by atoms with E-state index in [0.717, 1.165) is 5.57 Å². The molecule has 0 aromatic rings. The van der Waals surface area contributed by atoms with Crippen molar-refractivity contribution in [3.05, 3.63) is 30.0 Å². The molecule has 0 aromatic carbocycles. The Balaban J connectivity index is 2.16. The Kier molecular flexibility index (Phi) is 2.84. The first-order chi connectivity index (χ1) is 7.51. The molecule has 0 aromatic heterocycles. The summed E-state index contributed by atoms with van der Waals surface area (Å²) in [4.78, 5) is 10.9. The number of carbonyl (C=O) groups is 1. The number of carboxylic acids is 1. The summed E-state index contributed by atoms with van der Waals surface area (Å²) in [5.41, 5.74) is 0.637. The van der Waals surface area contributed by atoms with Crippen LogP contribution in [-0.2, 0) is 4.79 Å². The summed E-state index contributed by atoms with van der Waals surface area (Å²) < 4.78 is 13.1. The molecule has 1 aliphatic carbocycles. The quantitative estimate of drug-likeness (QED) is 0.752. The molecule has 1 saturated heterocycles. The second-order valence-corrected chi connectivity index (χ2v) is 4.67. The highest BCUT2D eigenvalue weighted by molar-refractivity contribution is 5.74. The van der Waals surface area contributed by atoms with E-state index in [9.17, 15) is 9.18 Å². The van der Waals surface area contributed by atoms with E-state index in [0.29, 0.717) is 19.4 Å². The van der Waals surface area contributed by atoms with Crippen molar-refractivity contribution < 1.29 is 14.3 Å². The number of hydrogen-bond donors (Lipinski definition) is 2. The first-order valence-corrected chi connectivity index (χ1v) is 5.38. The molecule has 2 N–H and O–H groups in total. The molecule has 1 aliphatic heterocycles. The average Bonchev–Trinajstić information content (AvgIpc) is 2.63. The van der Waals surface area contributed by atoms with Gasteiger partial charge >= 0.3 is 5.97 Å². The number of nitrogens with one attached hydrogen (secondary N) is 1. The molecule has 0 unspecified atom stereocenters. The Morgan fingerprint density at radius 3 is 3.00 bits per heavy atom. The van der Waals surface area contributed by atoms with Crippen LogP contribution in [0.3, 0.4) is 0 Å². The first kappa shape index (κ1) is 11.3. The molecule has 1 radical (unpaired) electrons. The highest BCUT2D eigenvalue weighted by Crippen LogP contribution is 2.39. The third kappa shape index (κ3) is 2.02. The van der Waals surface area contributed by atoms with E-state index < -0.39 is 12.0 Å². The molecule has 0 spiro atoms. The SMILES string of the molecule is C[C@@]1(C2=CC[CH]C(F)=C2)CN[C@H](C(=O)O)C1. The fraction of sp³-hybridized carbons (Fsp3) is 0.500. The van der Waals surface area contributed by atoms with Gasteiger partial charge in [0.25, 0.3) is 0 Å². The van der Waals surface area contributed by atoms with E-state index in [1.807, 2.05) is 13.0 Å². The number of allylic oxidation sites excluding steroid dienone is 3. The van der Waals surface area contributed by atoms with Crippen LogP contribution in [0.2, 0.25) is 0 Å². The summed E-state index contributed by atoms with van der Waals surface area (Å²) >= 11 is 0. The predicted octanol–water partition coefficient (Wildman–Crippen LogP) is 1.83. The normalized spacial score (nSPS) is 34.5. The highest BCUT2D eigenvalue weighted by atomic mass is 19.1. The standard InChI is InChI=1S/C12H15FNO2/c1-12(6-10(11(15)16)14-7-12)8-3-2-4-9(13)5-8/h3-5,10,14H,2,6-7H2,1H3,(H,15,16)/t10-,12-/m0/s1. The van der Waals surface area contributed by atoms with Gasteiger partial charge < -0.3 is 10.4 Å². The summed E-state index contributed by atoms with van der Waals surface area (Å²) in [6.07, 6.45) is 6.09. The molecule has 0 amide bonds. The Hall–Kier alpha value is -1.16. The molecule has 0 saturated carbocycles. The smallest absolute Gasteiger partial charge is 0.320 e. The van der Waals surface area contributed by atoms with E-state index in [1.165, 1.54) is 12.5 Å². The minimum absolute atomic E-state index is 0.225. The number of halogens is 1. The molecular formula is C12H15FNO2. The van der Waals surface area contributed by atoms with Crippen LogP contribution in [0.15, 0.2) is 23.6 Å². The zero-order valence-corrected chi connectivity index (χ0v) is 9.16. The maximum Gasteiger partial charge on any atom is 0.320 e. The highest BCUT2D eigenvalue weighted by Gasteiger charge is 2.40. The van der Waals surface area contributed by atoms with Gasteiger partial charge in [-0.2, -0.15) is 0 Å². The van der Waals surface area contributed by atoms with Crippen molar-refractivity contribution in [2.75, 3.05) is 6.54 Å². The van der Waals surface area contributed by atoms with Gasteiger partial charge in [-0.25, -0.2) is 4.39 Å². The van der Waals surface area contributed by atoms with Gasteiger partial charge in [-0.05, 0) is 24.5 Å². The van der Waals surface area contributed by atoms with Gasteiger partial charge in [0.2, 0.25) is 0 Å². The van der Waals surface area contributed by atoms with Crippen LogP contribution in [0, 0.1) is 11.8 Å². The minimum Gasteiger partial charge on any atom is -0.480 e. The van der Waals surface area contributed by atoms with Crippen LogP contribution in [-0.4, -0.2) is 23.7 Å². The number of aliphatic carboxylic acids is 1. The first-order valence-electron chi connectivity index (χ1n) is 5.38. The lowest BCUT2D eigenvalue weighted by Gasteiger charge is -2.26. The predicted molar refractivity (Wildman–Crippen MR) is 58.3 cm³/mol. The van der Waals surface area contributed by atoms with Crippen LogP contribution in [0.1, 0.15) is 19.8 Å². The van der Waals surface area contributed by atoms with Crippen LogP contribution in [0.25, 0.3) is 0 Å². The Labute approximate surface area is 94.0 Å². The Morgan fingerprint density at radius 1 is 1.69 bits per heavy atom. The van der Waals surface area contributed by atoms with Crippen molar-refractivity contribution in [3.8, 4) is 0 Å². The lowest BCUT2D eigenvalue weighted by molar-refractivity contribution is -0.139. The number of rotatable bonds is 2. The van der Waals surface area contributed by atoms with Crippen molar-refractivity contribution in [2.45, 2.75) is 25.8 Å². The summed E-state index contributed by atoms with van der Waals surface area (Å²) in [7, 11) is 0. The Bertz CT molecular complexity index is 375. The summed E-state index contributed by atoms with van der Waals surface area (Å²) in [6, 6.07) is -0.520. The van der Waals surface area contributed by atoms with Gasteiger partial charge in [0.15, 0.2) is 0 Å². The lowest BCUT2D eigenvalue weighted by Crippen LogP contribution is -2.30. The van der Waals surface area contributed by atoms with E-state index in [-0.39, 0.29) is 11.2 Å². The van der Waals surface area contributed by atoms with Crippen LogP contribution in [0.5, 0.6) is 0 Å². The molecule has 4 heteroatoms. The van der Waals surface area contributed by atoms with Gasteiger partial charge in [-0.3, -0.25) is 4.79 Å². The average molecular weight is 224 g/mol. The lowest BCUT2D eigenvalue weighted by atomic mass is 9.78. The monoisotopic (exact) mass is 224 g/mol. The molecular weight excluding hydrogens is 209 g/mol. The molecule has 3 nitrogen and oxygen atoms in total. The fourth-order valence-corrected chi connectivity index (χ4v) is 2.32. The van der Waals surface area contributed by atoms with Gasteiger partial charge in [0, 0.05) is 18.4 Å². The number of hydrogen-bond acceptors (Lipinski definition) is 2. The second-order valence-electron chi connectivity index (χ2n) is 4.67. The maximum atomic E-state index is 13.1. The Morgan fingerprint density at radius 2 is 2.44 bits per heavy atom. The van der Waals surface area contributed by atoms with Gasteiger partial charge in [-0.15, -0.1) is 0 Å². The molecule has 0 bridgehead atoms. The van der Waals surface area contributed by atoms with E-state index in [4.69, 9.17) is 5.11 Å². The van der Waals surface area contributed by atoms with Crippen molar-refractivity contribution >= 4 is 5.97 Å². The summed E-state index contributed by atoms with van der Waals surface area (Å²) in [6.45, 7) is 2.56. The molecule has 1 fully saturated rings. The molecule has 2 atom stereocenters. The molecule has 2 aliphatic rings. The summed E-state index contributed by atoms with van der Waals surface area (Å²) in [5, 5.41) is 11.9. The third-order valence-corrected chi connectivity index (χ3v) is 3.33. The van der Waals surface area contributed by atoms with Crippen LogP contribution in [0.4, 0.5) is 4.39 Å². The zero-order chi connectivity index (χ0) is 11.8. The van der Waals surface area contributed by atoms with Crippen LogP contribution >= 0.6 is 0 Å². The maximum absolute atomic E-state index is 13.1. The molecule has 1 heterocycles. The van der Waals surface area contributed by atoms with Gasteiger partial charge in [-0.1, -0.05) is 13.0 Å². The van der Waals surface area contributed by atoms with Crippen molar-refractivity contribution in [1.29, 1.82) is 0 Å².